The van der Waals surface area contributed by atoms with E-state index in [1.165, 1.54) is 0 Å². The van der Waals surface area contributed by atoms with Crippen LogP contribution >= 0.6 is 11.8 Å². The average molecular weight is 349 g/mol. The van der Waals surface area contributed by atoms with E-state index in [-0.39, 0.29) is 30.6 Å². The van der Waals surface area contributed by atoms with Crippen LogP contribution in [0, 0.1) is 5.92 Å². The highest BCUT2D eigenvalue weighted by Crippen LogP contribution is 2.34. The number of carbonyl (C=O) groups excluding carboxylic acids is 2. The molecule has 24 heavy (non-hydrogen) atoms. The molecule has 0 spiro atoms. The maximum atomic E-state index is 12.5. The highest BCUT2D eigenvalue weighted by molar-refractivity contribution is 7.99. The number of benzene rings is 1. The lowest BCUT2D eigenvalue weighted by atomic mass is 10.1. The summed E-state index contributed by atoms with van der Waals surface area (Å²) in [6.45, 7) is 2.42. The SMILES string of the molecule is O=C(CCC(=O)N1CCSc2ccccc21)NCC1CNCC1O. The molecule has 2 atom stereocenters. The maximum Gasteiger partial charge on any atom is 0.227 e. The van der Waals surface area contributed by atoms with Crippen molar-refractivity contribution < 1.29 is 14.7 Å². The Morgan fingerprint density at radius 3 is 2.92 bits per heavy atom. The van der Waals surface area contributed by atoms with Crippen LogP contribution < -0.4 is 15.5 Å². The highest BCUT2D eigenvalue weighted by atomic mass is 32.2. The molecular weight excluding hydrogens is 326 g/mol. The van der Waals surface area contributed by atoms with Gasteiger partial charge in [0.15, 0.2) is 0 Å². The Labute approximate surface area is 146 Å². The zero-order valence-corrected chi connectivity index (χ0v) is 14.3. The van der Waals surface area contributed by atoms with Gasteiger partial charge >= 0.3 is 0 Å². The first-order valence-corrected chi connectivity index (χ1v) is 9.31. The molecule has 0 aromatic heterocycles. The van der Waals surface area contributed by atoms with Gasteiger partial charge in [-0.1, -0.05) is 12.1 Å². The summed E-state index contributed by atoms with van der Waals surface area (Å²) in [4.78, 5) is 27.3. The fourth-order valence-corrected chi connectivity index (χ4v) is 4.04. The van der Waals surface area contributed by atoms with Crippen LogP contribution in [0.25, 0.3) is 0 Å². The number of anilines is 1. The van der Waals surface area contributed by atoms with Crippen LogP contribution in [0.3, 0.4) is 0 Å². The lowest BCUT2D eigenvalue weighted by Crippen LogP contribution is -2.37. The zero-order valence-electron chi connectivity index (χ0n) is 13.5. The molecule has 7 heteroatoms. The molecule has 6 nitrogen and oxygen atoms in total. The molecule has 130 valence electrons. The Morgan fingerprint density at radius 1 is 1.29 bits per heavy atom. The van der Waals surface area contributed by atoms with Crippen molar-refractivity contribution in [2.75, 3.05) is 36.8 Å². The predicted molar refractivity (Wildman–Crippen MR) is 94.1 cm³/mol. The van der Waals surface area contributed by atoms with Gasteiger partial charge < -0.3 is 20.6 Å². The summed E-state index contributed by atoms with van der Waals surface area (Å²) in [7, 11) is 0. The Bertz CT molecular complexity index is 610. The fourth-order valence-electron chi connectivity index (χ4n) is 3.04. The standard InChI is InChI=1S/C17H23N3O3S/c21-14-11-18-9-12(14)10-19-16(22)5-6-17(23)20-7-8-24-15-4-2-1-3-13(15)20/h1-4,12,14,18,21H,5-11H2,(H,19,22). The van der Waals surface area contributed by atoms with E-state index in [1.54, 1.807) is 16.7 Å². The third kappa shape index (κ3) is 4.09. The van der Waals surface area contributed by atoms with Crippen LogP contribution in [0.15, 0.2) is 29.2 Å². The van der Waals surface area contributed by atoms with Crippen LogP contribution in [0.1, 0.15) is 12.8 Å². The molecule has 3 N–H and O–H groups in total. The molecule has 2 aliphatic heterocycles. The number of nitrogens with one attached hydrogen (secondary N) is 2. The lowest BCUT2D eigenvalue weighted by molar-refractivity contribution is -0.125. The van der Waals surface area contributed by atoms with Crippen LogP contribution in [0.2, 0.25) is 0 Å². The largest absolute Gasteiger partial charge is 0.391 e. The van der Waals surface area contributed by atoms with E-state index in [0.29, 0.717) is 26.2 Å². The number of rotatable bonds is 5. The molecule has 1 saturated heterocycles. The molecular formula is C17H23N3O3S. The van der Waals surface area contributed by atoms with E-state index < -0.39 is 6.10 Å². The Kier molecular flexibility index (Phi) is 5.76. The molecule has 0 radical (unpaired) electrons. The first kappa shape index (κ1) is 17.3. The van der Waals surface area contributed by atoms with Gasteiger partial charge in [0.05, 0.1) is 11.8 Å². The number of aliphatic hydroxyl groups excluding tert-OH is 1. The Balaban J connectivity index is 1.46. The van der Waals surface area contributed by atoms with Crippen molar-refractivity contribution in [3.63, 3.8) is 0 Å². The lowest BCUT2D eigenvalue weighted by Gasteiger charge is -2.29. The monoisotopic (exact) mass is 349 g/mol. The molecule has 0 aliphatic carbocycles. The van der Waals surface area contributed by atoms with Gasteiger partial charge in [-0.2, -0.15) is 0 Å². The Morgan fingerprint density at radius 2 is 2.12 bits per heavy atom. The molecule has 0 saturated carbocycles. The van der Waals surface area contributed by atoms with Gasteiger partial charge in [-0.25, -0.2) is 0 Å². The second kappa shape index (κ2) is 8.00. The van der Waals surface area contributed by atoms with Crippen LogP contribution in [0.5, 0.6) is 0 Å². The topological polar surface area (TPSA) is 81.7 Å². The maximum absolute atomic E-state index is 12.5. The number of fused-ring (bicyclic) bond motifs is 1. The Hall–Kier alpha value is -1.57. The summed E-state index contributed by atoms with van der Waals surface area (Å²) in [5.74, 6) is 0.778. The van der Waals surface area contributed by atoms with Crippen molar-refractivity contribution in [3.05, 3.63) is 24.3 Å². The number of amides is 2. The van der Waals surface area contributed by atoms with Crippen LogP contribution in [0.4, 0.5) is 5.69 Å². The van der Waals surface area contributed by atoms with Crippen molar-refractivity contribution in [2.24, 2.45) is 5.92 Å². The normalized spacial score (nSPS) is 23.0. The molecule has 1 aromatic rings. The molecule has 1 aromatic carbocycles. The minimum absolute atomic E-state index is 0.0135. The third-order valence-electron chi connectivity index (χ3n) is 4.46. The second-order valence-corrected chi connectivity index (χ2v) is 7.29. The van der Waals surface area contributed by atoms with Gasteiger partial charge in [0.2, 0.25) is 11.8 Å². The number of nitrogens with zero attached hydrogens (tertiary/aromatic N) is 1. The smallest absolute Gasteiger partial charge is 0.227 e. The fraction of sp³-hybridized carbons (Fsp3) is 0.529. The van der Waals surface area contributed by atoms with Crippen LogP contribution in [-0.4, -0.2) is 55.0 Å². The molecule has 0 bridgehead atoms. The first-order valence-electron chi connectivity index (χ1n) is 8.33. The van der Waals surface area contributed by atoms with Crippen molar-refractivity contribution in [1.29, 1.82) is 0 Å². The summed E-state index contributed by atoms with van der Waals surface area (Å²) in [5, 5.41) is 15.6. The van der Waals surface area contributed by atoms with E-state index in [0.717, 1.165) is 16.3 Å². The van der Waals surface area contributed by atoms with E-state index in [2.05, 4.69) is 10.6 Å². The molecule has 3 rings (SSSR count). The van der Waals surface area contributed by atoms with Gasteiger partial charge in [-0.15, -0.1) is 11.8 Å². The quantitative estimate of drug-likeness (QED) is 0.725. The van der Waals surface area contributed by atoms with E-state index in [4.69, 9.17) is 0 Å². The molecule has 1 fully saturated rings. The number of hydrogen-bond donors (Lipinski definition) is 3. The number of para-hydroxylation sites is 1. The predicted octanol–water partition coefficient (Wildman–Crippen LogP) is 0.602. The number of carbonyl (C=O) groups is 2. The van der Waals surface area contributed by atoms with Crippen LogP contribution in [-0.2, 0) is 9.59 Å². The third-order valence-corrected chi connectivity index (χ3v) is 5.50. The average Bonchev–Trinajstić information content (AvgIpc) is 3.02. The van der Waals surface area contributed by atoms with Crippen molar-refractivity contribution in [1.82, 2.24) is 10.6 Å². The number of aliphatic hydroxyl groups is 1. The van der Waals surface area contributed by atoms with Crippen molar-refractivity contribution in [2.45, 2.75) is 23.8 Å². The summed E-state index contributed by atoms with van der Waals surface area (Å²) in [6, 6.07) is 7.87. The van der Waals surface area contributed by atoms with Gasteiger partial charge in [-0.05, 0) is 12.1 Å². The van der Waals surface area contributed by atoms with Gasteiger partial charge in [0.1, 0.15) is 0 Å². The summed E-state index contributed by atoms with van der Waals surface area (Å²) >= 11 is 1.75. The van der Waals surface area contributed by atoms with E-state index >= 15 is 0 Å². The van der Waals surface area contributed by atoms with Crippen molar-refractivity contribution >= 4 is 29.3 Å². The summed E-state index contributed by atoms with van der Waals surface area (Å²) in [5.41, 5.74) is 0.944. The molecule has 2 unspecified atom stereocenters. The summed E-state index contributed by atoms with van der Waals surface area (Å²) < 4.78 is 0. The first-order chi connectivity index (χ1) is 11.6. The molecule has 2 heterocycles. The molecule has 2 aliphatic rings. The number of β-amino-alcohol motifs (C(OH)–C–C–N with tert-alkyl or cyclic N) is 1. The number of thioether (sulfide) groups is 1. The number of hydrogen-bond acceptors (Lipinski definition) is 5. The van der Waals surface area contributed by atoms with E-state index in [9.17, 15) is 14.7 Å². The summed E-state index contributed by atoms with van der Waals surface area (Å²) in [6.07, 6.45) is -0.0220. The minimum atomic E-state index is -0.408. The minimum Gasteiger partial charge on any atom is -0.391 e. The second-order valence-electron chi connectivity index (χ2n) is 6.15. The van der Waals surface area contributed by atoms with Gasteiger partial charge in [0, 0.05) is 55.6 Å². The van der Waals surface area contributed by atoms with Gasteiger partial charge in [0.25, 0.3) is 0 Å². The zero-order chi connectivity index (χ0) is 16.9. The van der Waals surface area contributed by atoms with Gasteiger partial charge in [-0.3, -0.25) is 9.59 Å². The van der Waals surface area contributed by atoms with E-state index in [1.807, 2.05) is 24.3 Å². The highest BCUT2D eigenvalue weighted by Gasteiger charge is 2.26. The molecule has 2 amide bonds. The van der Waals surface area contributed by atoms with Crippen molar-refractivity contribution in [3.8, 4) is 0 Å².